The van der Waals surface area contributed by atoms with Crippen molar-refractivity contribution in [3.8, 4) is 5.75 Å². The highest BCUT2D eigenvalue weighted by Crippen LogP contribution is 2.61. The van der Waals surface area contributed by atoms with Crippen LogP contribution in [0.1, 0.15) is 70.9 Å². The molecule has 4 nitrogen and oxygen atoms in total. The lowest BCUT2D eigenvalue weighted by Gasteiger charge is -2.62. The van der Waals surface area contributed by atoms with Gasteiger partial charge in [-0.05, 0) is 81.7 Å². The number of carbonyl (C=O) groups is 1. The van der Waals surface area contributed by atoms with Crippen molar-refractivity contribution in [1.82, 2.24) is 5.32 Å². The average molecular weight is 372 g/mol. The highest BCUT2D eigenvalue weighted by molar-refractivity contribution is 5.75. The Morgan fingerprint density at radius 1 is 1.22 bits per heavy atom. The molecule has 0 aromatic heterocycles. The summed E-state index contributed by atoms with van der Waals surface area (Å²) < 4.78 is 11.1. The molecule has 1 aromatic rings. The quantitative estimate of drug-likeness (QED) is 0.634. The zero-order valence-corrected chi connectivity index (χ0v) is 17.2. The molecule has 0 radical (unpaired) electrons. The number of nitrogens with one attached hydrogen (secondary N) is 1. The summed E-state index contributed by atoms with van der Waals surface area (Å²) in [6.45, 7) is 9.14. The van der Waals surface area contributed by atoms with Crippen LogP contribution in [0.2, 0.25) is 0 Å². The molecule has 3 atom stereocenters. The number of fused-ring (bicyclic) bond motifs is 1. The van der Waals surface area contributed by atoms with E-state index >= 15 is 0 Å². The number of ether oxygens (including phenoxy) is 2. The third kappa shape index (κ3) is 2.97. The maximum absolute atomic E-state index is 11.9. The molecule has 1 saturated carbocycles. The number of hydrogen-bond acceptors (Lipinski definition) is 4. The summed E-state index contributed by atoms with van der Waals surface area (Å²) in [7, 11) is 0. The standard InChI is InChI=1S/C23H33NO3/c1-21(2,3)20(25)27-15-26-17-8-7-16-13-19-22(4)9-5-6-10-23(22,11-12-24-19)18(16)14-17/h7-8,14,19,24H,5-6,9-13,15H2,1-4H3/t19-,22+,23+/m0/s1. The molecule has 4 heteroatoms. The molecule has 2 fully saturated rings. The Morgan fingerprint density at radius 3 is 2.78 bits per heavy atom. The van der Waals surface area contributed by atoms with Gasteiger partial charge in [-0.2, -0.15) is 0 Å². The number of piperidine rings is 1. The predicted octanol–water partition coefficient (Wildman–Crippen LogP) is 4.35. The summed E-state index contributed by atoms with van der Waals surface area (Å²) >= 11 is 0. The van der Waals surface area contributed by atoms with Crippen molar-refractivity contribution < 1.29 is 14.3 Å². The molecule has 0 spiro atoms. The lowest BCUT2D eigenvalue weighted by Crippen LogP contribution is -2.65. The molecule has 3 aliphatic rings. The van der Waals surface area contributed by atoms with Gasteiger partial charge in [-0.1, -0.05) is 25.8 Å². The van der Waals surface area contributed by atoms with Crippen LogP contribution >= 0.6 is 0 Å². The van der Waals surface area contributed by atoms with Crippen molar-refractivity contribution in [2.24, 2.45) is 10.8 Å². The van der Waals surface area contributed by atoms with Gasteiger partial charge in [-0.15, -0.1) is 0 Å². The molecule has 0 unspecified atom stereocenters. The molecular weight excluding hydrogens is 338 g/mol. The highest BCUT2D eigenvalue weighted by atomic mass is 16.7. The van der Waals surface area contributed by atoms with Gasteiger partial charge < -0.3 is 14.8 Å². The predicted molar refractivity (Wildman–Crippen MR) is 106 cm³/mol. The topological polar surface area (TPSA) is 47.6 Å². The fraction of sp³-hybridized carbons (Fsp3) is 0.696. The zero-order chi connectivity index (χ0) is 19.3. The highest BCUT2D eigenvalue weighted by Gasteiger charge is 2.59. The van der Waals surface area contributed by atoms with Crippen LogP contribution in [-0.4, -0.2) is 25.3 Å². The Kier molecular flexibility index (Phi) is 4.53. The maximum atomic E-state index is 11.9. The van der Waals surface area contributed by atoms with E-state index in [0.717, 1.165) is 18.7 Å². The lowest BCUT2D eigenvalue weighted by atomic mass is 9.45. The van der Waals surface area contributed by atoms with E-state index < -0.39 is 5.41 Å². The van der Waals surface area contributed by atoms with Crippen molar-refractivity contribution in [2.45, 2.75) is 77.7 Å². The third-order valence-corrected chi connectivity index (χ3v) is 7.40. The van der Waals surface area contributed by atoms with Crippen molar-refractivity contribution in [3.63, 3.8) is 0 Å². The minimum Gasteiger partial charge on any atom is -0.457 e. The van der Waals surface area contributed by atoms with Crippen molar-refractivity contribution in [3.05, 3.63) is 29.3 Å². The summed E-state index contributed by atoms with van der Waals surface area (Å²) in [6, 6.07) is 7.08. The largest absolute Gasteiger partial charge is 0.457 e. The minimum absolute atomic E-state index is 0.0245. The van der Waals surface area contributed by atoms with E-state index in [1.165, 1.54) is 43.2 Å². The first kappa shape index (κ1) is 18.8. The van der Waals surface area contributed by atoms with E-state index in [4.69, 9.17) is 9.47 Å². The monoisotopic (exact) mass is 371 g/mol. The summed E-state index contributed by atoms with van der Waals surface area (Å²) in [6.07, 6.45) is 7.54. The summed E-state index contributed by atoms with van der Waals surface area (Å²) in [5.41, 5.74) is 3.03. The number of esters is 1. The van der Waals surface area contributed by atoms with Crippen molar-refractivity contribution in [2.75, 3.05) is 13.3 Å². The molecule has 1 aliphatic heterocycles. The van der Waals surface area contributed by atoms with Gasteiger partial charge in [0, 0.05) is 11.5 Å². The van der Waals surface area contributed by atoms with Gasteiger partial charge in [0.15, 0.2) is 0 Å². The molecule has 148 valence electrons. The van der Waals surface area contributed by atoms with Crippen LogP contribution < -0.4 is 10.1 Å². The fourth-order valence-electron chi connectivity index (χ4n) is 5.78. The van der Waals surface area contributed by atoms with E-state index in [1.807, 2.05) is 26.8 Å². The van der Waals surface area contributed by atoms with Crippen LogP contribution in [0.4, 0.5) is 0 Å². The van der Waals surface area contributed by atoms with Crippen LogP contribution in [0, 0.1) is 10.8 Å². The molecule has 1 heterocycles. The van der Waals surface area contributed by atoms with Crippen molar-refractivity contribution in [1.29, 1.82) is 0 Å². The smallest absolute Gasteiger partial charge is 0.314 e. The van der Waals surface area contributed by atoms with Gasteiger partial charge in [0.05, 0.1) is 5.41 Å². The normalized spacial score (nSPS) is 32.2. The zero-order valence-electron chi connectivity index (χ0n) is 17.2. The van der Waals surface area contributed by atoms with Gasteiger partial charge in [0.1, 0.15) is 5.75 Å². The fourth-order valence-corrected chi connectivity index (χ4v) is 5.78. The summed E-state index contributed by atoms with van der Waals surface area (Å²) in [5, 5.41) is 3.81. The van der Waals surface area contributed by atoms with E-state index in [-0.39, 0.29) is 18.2 Å². The molecular formula is C23H33NO3. The Balaban J connectivity index is 1.58. The van der Waals surface area contributed by atoms with Crippen LogP contribution in [0.25, 0.3) is 0 Å². The minimum atomic E-state index is -0.508. The molecule has 1 aromatic carbocycles. The SMILES string of the molecule is CC(C)(C)C(=O)OCOc1ccc2c(c1)[C@]13CCCC[C@]1(C)[C@H](C2)NCC3. The molecule has 1 N–H and O–H groups in total. The Hall–Kier alpha value is -1.55. The second-order valence-corrected chi connectivity index (χ2v) is 9.93. The van der Waals surface area contributed by atoms with Gasteiger partial charge in [-0.25, -0.2) is 0 Å². The van der Waals surface area contributed by atoms with Crippen molar-refractivity contribution >= 4 is 5.97 Å². The first-order chi connectivity index (χ1) is 12.8. The number of hydrogen-bond donors (Lipinski definition) is 1. The summed E-state index contributed by atoms with van der Waals surface area (Å²) in [5.74, 6) is 0.579. The molecule has 2 aliphatic carbocycles. The summed E-state index contributed by atoms with van der Waals surface area (Å²) in [4.78, 5) is 11.9. The Labute approximate surface area is 163 Å². The van der Waals surface area contributed by atoms with E-state index in [9.17, 15) is 4.79 Å². The van der Waals surface area contributed by atoms with Gasteiger partial charge >= 0.3 is 5.97 Å². The van der Waals surface area contributed by atoms with Gasteiger partial charge in [0.2, 0.25) is 6.79 Å². The first-order valence-corrected chi connectivity index (χ1v) is 10.4. The van der Waals surface area contributed by atoms with E-state index in [0.29, 0.717) is 11.5 Å². The van der Waals surface area contributed by atoms with Crippen LogP contribution in [0.15, 0.2) is 18.2 Å². The molecule has 0 amide bonds. The van der Waals surface area contributed by atoms with Crippen LogP contribution in [0.3, 0.4) is 0 Å². The number of benzene rings is 1. The Bertz CT molecular complexity index is 734. The van der Waals surface area contributed by atoms with E-state index in [1.54, 1.807) is 0 Å². The molecule has 4 rings (SSSR count). The first-order valence-electron chi connectivity index (χ1n) is 10.4. The second kappa shape index (κ2) is 6.51. The Morgan fingerprint density at radius 2 is 2.00 bits per heavy atom. The van der Waals surface area contributed by atoms with Crippen LogP contribution in [0.5, 0.6) is 5.75 Å². The average Bonchev–Trinajstić information content (AvgIpc) is 2.61. The third-order valence-electron chi connectivity index (χ3n) is 7.40. The lowest BCUT2D eigenvalue weighted by molar-refractivity contribution is -0.159. The van der Waals surface area contributed by atoms with E-state index in [2.05, 4.69) is 24.4 Å². The number of rotatable bonds is 3. The van der Waals surface area contributed by atoms with Gasteiger partial charge in [0.25, 0.3) is 0 Å². The molecule has 2 bridgehead atoms. The number of carbonyl (C=O) groups excluding carboxylic acids is 1. The van der Waals surface area contributed by atoms with Gasteiger partial charge in [-0.3, -0.25) is 4.79 Å². The molecule has 27 heavy (non-hydrogen) atoms. The second-order valence-electron chi connectivity index (χ2n) is 9.93. The van der Waals surface area contributed by atoms with Crippen LogP contribution in [-0.2, 0) is 21.4 Å². The maximum Gasteiger partial charge on any atom is 0.314 e. The molecule has 1 saturated heterocycles.